The molecule has 0 radical (unpaired) electrons. The molecule has 0 aliphatic carbocycles. The van der Waals surface area contributed by atoms with Crippen LogP contribution in [0.1, 0.15) is 0 Å². The minimum absolute atomic E-state index is 0.00662. The van der Waals surface area contributed by atoms with E-state index in [2.05, 4.69) is 14.6 Å². The normalized spacial score (nSPS) is 23.0. The number of carbonyl (C=O) groups excluding carboxylic acids is 1. The Balaban J connectivity index is 2.27. The Bertz CT molecular complexity index is 162. The molecule has 1 atom stereocenters. The van der Waals surface area contributed by atoms with E-state index in [1.54, 1.807) is 0 Å². The molecule has 0 aromatic carbocycles. The summed E-state index contributed by atoms with van der Waals surface area (Å²) in [5.41, 5.74) is 0. The third-order valence-electron chi connectivity index (χ3n) is 0.831. The van der Waals surface area contributed by atoms with E-state index in [0.717, 1.165) is 0 Å². The van der Waals surface area contributed by atoms with Gasteiger partial charge in [0.25, 0.3) is 0 Å². The molecule has 1 aliphatic heterocycles. The third kappa shape index (κ3) is 1.39. The summed E-state index contributed by atoms with van der Waals surface area (Å²) in [6.45, 7) is 0.00662. The largest absolute Gasteiger partial charge is 0.338 e. The predicted molar refractivity (Wildman–Crippen MR) is 23.9 cm³/mol. The summed E-state index contributed by atoms with van der Waals surface area (Å²) in [5, 5.41) is 8.33. The smallest absolute Gasteiger partial charge is 0.265 e. The summed E-state index contributed by atoms with van der Waals surface area (Å²) in [5.74, 6) is -1.05. The van der Waals surface area contributed by atoms with Gasteiger partial charge < -0.3 is 0 Å². The molecule has 56 valence electrons. The maximum Gasteiger partial charge on any atom is 0.338 e. The molecule has 0 saturated carbocycles. The second-order valence-electron chi connectivity index (χ2n) is 1.50. The van der Waals surface area contributed by atoms with Crippen molar-refractivity contribution in [1.82, 2.24) is 0 Å². The van der Waals surface area contributed by atoms with Crippen molar-refractivity contribution in [3.63, 3.8) is 0 Å². The summed E-state index contributed by atoms with van der Waals surface area (Å²) in [6.07, 6.45) is -0.939. The van der Waals surface area contributed by atoms with E-state index < -0.39 is 17.2 Å². The van der Waals surface area contributed by atoms with Crippen LogP contribution in [0.15, 0.2) is 0 Å². The maximum absolute atomic E-state index is 10.4. The Morgan fingerprint density at radius 2 is 2.40 bits per heavy atom. The molecular weight excluding hydrogens is 146 g/mol. The SMILES string of the molecule is O=C(O[N+](=O)[O-])C1COO1. The lowest BCUT2D eigenvalue weighted by atomic mass is 10.4. The molecule has 1 heterocycles. The van der Waals surface area contributed by atoms with Crippen molar-refractivity contribution in [3.05, 3.63) is 10.1 Å². The maximum atomic E-state index is 10.4. The van der Waals surface area contributed by atoms with Crippen LogP contribution in [0.25, 0.3) is 0 Å². The van der Waals surface area contributed by atoms with Crippen LogP contribution in [0.2, 0.25) is 0 Å². The van der Waals surface area contributed by atoms with Gasteiger partial charge in [-0.1, -0.05) is 0 Å². The molecule has 0 aromatic rings. The van der Waals surface area contributed by atoms with Gasteiger partial charge in [0.15, 0.2) is 0 Å². The van der Waals surface area contributed by atoms with Crippen LogP contribution in [-0.2, 0) is 19.4 Å². The van der Waals surface area contributed by atoms with Crippen molar-refractivity contribution in [2.45, 2.75) is 6.10 Å². The van der Waals surface area contributed by atoms with Crippen molar-refractivity contribution < 1.29 is 24.5 Å². The molecule has 0 N–H and O–H groups in total. The van der Waals surface area contributed by atoms with E-state index in [9.17, 15) is 14.9 Å². The molecule has 1 aliphatic rings. The zero-order valence-electron chi connectivity index (χ0n) is 4.68. The first kappa shape index (κ1) is 6.90. The van der Waals surface area contributed by atoms with Crippen molar-refractivity contribution in [2.24, 2.45) is 0 Å². The highest BCUT2D eigenvalue weighted by Gasteiger charge is 2.31. The van der Waals surface area contributed by atoms with Gasteiger partial charge in [0.1, 0.15) is 6.61 Å². The molecule has 1 rings (SSSR count). The lowest BCUT2D eigenvalue weighted by molar-refractivity contribution is -0.731. The van der Waals surface area contributed by atoms with Crippen LogP contribution in [0, 0.1) is 10.1 Å². The zero-order chi connectivity index (χ0) is 7.56. The summed E-state index contributed by atoms with van der Waals surface area (Å²) in [7, 11) is 0. The van der Waals surface area contributed by atoms with Crippen molar-refractivity contribution in [2.75, 3.05) is 6.61 Å². The third-order valence-corrected chi connectivity index (χ3v) is 0.831. The molecule has 0 bridgehead atoms. The van der Waals surface area contributed by atoms with Crippen molar-refractivity contribution in [3.8, 4) is 0 Å². The zero-order valence-corrected chi connectivity index (χ0v) is 4.68. The molecule has 1 unspecified atom stereocenters. The van der Waals surface area contributed by atoms with Crippen LogP contribution in [0.3, 0.4) is 0 Å². The highest BCUT2D eigenvalue weighted by Crippen LogP contribution is 2.07. The summed E-state index contributed by atoms with van der Waals surface area (Å²) in [6, 6.07) is 0. The van der Waals surface area contributed by atoms with Gasteiger partial charge in [-0.15, -0.1) is 10.1 Å². The van der Waals surface area contributed by atoms with Crippen LogP contribution < -0.4 is 0 Å². The first-order valence-corrected chi connectivity index (χ1v) is 2.34. The second-order valence-corrected chi connectivity index (χ2v) is 1.50. The Labute approximate surface area is 54.5 Å². The Morgan fingerprint density at radius 3 is 2.70 bits per heavy atom. The van der Waals surface area contributed by atoms with Gasteiger partial charge in [-0.05, 0) is 0 Å². The van der Waals surface area contributed by atoms with Crippen molar-refractivity contribution in [1.29, 1.82) is 0 Å². The molecular formula is C3H3NO6. The number of hydrogen-bond donors (Lipinski definition) is 0. The Kier molecular flexibility index (Phi) is 1.78. The first-order valence-electron chi connectivity index (χ1n) is 2.34. The van der Waals surface area contributed by atoms with E-state index in [1.165, 1.54) is 0 Å². The molecule has 0 spiro atoms. The summed E-state index contributed by atoms with van der Waals surface area (Å²) < 4.78 is 0. The topological polar surface area (TPSA) is 87.9 Å². The van der Waals surface area contributed by atoms with Crippen LogP contribution in [-0.4, -0.2) is 23.8 Å². The predicted octanol–water partition coefficient (Wildman–Crippen LogP) is -0.948. The van der Waals surface area contributed by atoms with E-state index in [0.29, 0.717) is 0 Å². The number of hydrogen-bond acceptors (Lipinski definition) is 6. The summed E-state index contributed by atoms with van der Waals surface area (Å²) in [4.78, 5) is 31.6. The summed E-state index contributed by atoms with van der Waals surface area (Å²) >= 11 is 0. The fraction of sp³-hybridized carbons (Fsp3) is 0.667. The molecule has 0 amide bonds. The van der Waals surface area contributed by atoms with Crippen LogP contribution in [0.5, 0.6) is 0 Å². The second kappa shape index (κ2) is 2.58. The molecule has 10 heavy (non-hydrogen) atoms. The van der Waals surface area contributed by atoms with Gasteiger partial charge in [0, 0.05) is 0 Å². The fourth-order valence-electron chi connectivity index (χ4n) is 0.376. The average Bonchev–Trinajstić information content (AvgIpc) is 1.55. The molecule has 7 nitrogen and oxygen atoms in total. The van der Waals surface area contributed by atoms with Gasteiger partial charge in [-0.2, -0.15) is 0 Å². The molecule has 1 saturated heterocycles. The minimum atomic E-state index is -1.19. The van der Waals surface area contributed by atoms with Gasteiger partial charge in [-0.3, -0.25) is 4.79 Å². The van der Waals surface area contributed by atoms with Crippen LogP contribution >= 0.6 is 0 Å². The average molecular weight is 149 g/mol. The highest BCUT2D eigenvalue weighted by atomic mass is 17.2. The fourth-order valence-corrected chi connectivity index (χ4v) is 0.376. The van der Waals surface area contributed by atoms with Gasteiger partial charge in [0.05, 0.1) is 0 Å². The van der Waals surface area contributed by atoms with Gasteiger partial charge in [-0.25, -0.2) is 14.6 Å². The van der Waals surface area contributed by atoms with E-state index in [-0.39, 0.29) is 6.61 Å². The van der Waals surface area contributed by atoms with Gasteiger partial charge in [0.2, 0.25) is 6.10 Å². The highest BCUT2D eigenvalue weighted by molar-refractivity contribution is 5.74. The van der Waals surface area contributed by atoms with Crippen molar-refractivity contribution >= 4 is 5.97 Å². The van der Waals surface area contributed by atoms with Gasteiger partial charge >= 0.3 is 11.1 Å². The van der Waals surface area contributed by atoms with E-state index in [1.807, 2.05) is 0 Å². The number of rotatable bonds is 2. The van der Waals surface area contributed by atoms with E-state index >= 15 is 0 Å². The Hall–Kier alpha value is -1.21. The van der Waals surface area contributed by atoms with E-state index in [4.69, 9.17) is 0 Å². The molecule has 0 aromatic heterocycles. The monoisotopic (exact) mass is 149 g/mol. The number of carbonyl (C=O) groups is 1. The molecule has 7 heteroatoms. The first-order chi connectivity index (χ1) is 4.70. The lowest BCUT2D eigenvalue weighted by Gasteiger charge is -2.20. The van der Waals surface area contributed by atoms with Crippen LogP contribution in [0.4, 0.5) is 0 Å². The lowest BCUT2D eigenvalue weighted by Crippen LogP contribution is -2.40. The molecule has 1 fully saturated rings. The standard InChI is InChI=1S/C3H3NO6/c5-3(9-4(6)7)2-1-8-10-2/h2H,1H2. The number of nitrogens with zero attached hydrogens (tertiary/aromatic N) is 1. The minimum Gasteiger partial charge on any atom is -0.265 e. The Morgan fingerprint density at radius 1 is 1.80 bits per heavy atom. The quantitative estimate of drug-likeness (QED) is 0.285.